The smallest absolute Gasteiger partial charge is 0.345 e. The van der Waals surface area contributed by atoms with Crippen LogP contribution in [0.1, 0.15) is 40.2 Å². The summed E-state index contributed by atoms with van der Waals surface area (Å²) in [7, 11) is 0. The molecule has 1 spiro atoms. The van der Waals surface area contributed by atoms with Gasteiger partial charge in [-0.3, -0.25) is 0 Å². The van der Waals surface area contributed by atoms with E-state index in [1.54, 1.807) is 13.8 Å². The molecular weight excluding hydrogens is 478 g/mol. The number of hydrogen-bond acceptors (Lipinski definition) is 9. The van der Waals surface area contributed by atoms with Crippen molar-refractivity contribution in [2.75, 3.05) is 25.1 Å². The lowest BCUT2D eigenvalue weighted by molar-refractivity contribution is -0.138. The second-order valence-corrected chi connectivity index (χ2v) is 11.7. The first-order valence-electron chi connectivity index (χ1n) is 10.9. The molecule has 33 heavy (non-hydrogen) atoms. The predicted molar refractivity (Wildman–Crippen MR) is 137 cm³/mol. The Kier molecular flexibility index (Phi) is 6.85. The van der Waals surface area contributed by atoms with E-state index in [9.17, 15) is 9.59 Å². The molecule has 0 unspecified atom stereocenters. The van der Waals surface area contributed by atoms with Crippen LogP contribution in [0.15, 0.2) is 44.4 Å². The molecule has 3 aliphatic rings. The van der Waals surface area contributed by atoms with E-state index in [4.69, 9.17) is 14.2 Å². The lowest BCUT2D eigenvalue weighted by Gasteiger charge is -2.44. The maximum Gasteiger partial charge on any atom is 0.345 e. The van der Waals surface area contributed by atoms with Crippen molar-refractivity contribution in [1.82, 2.24) is 0 Å². The number of esters is 2. The average Bonchev–Trinajstić information content (AvgIpc) is 3.18. The van der Waals surface area contributed by atoms with Crippen molar-refractivity contribution >= 4 is 58.5 Å². The van der Waals surface area contributed by atoms with Crippen molar-refractivity contribution in [3.8, 4) is 5.75 Å². The first-order chi connectivity index (χ1) is 15.7. The molecule has 9 heteroatoms. The normalized spacial score (nSPS) is 22.6. The zero-order valence-electron chi connectivity index (χ0n) is 19.3. The molecule has 0 radical (unpaired) electrons. The van der Waals surface area contributed by atoms with Crippen LogP contribution in [0.4, 0.5) is 5.69 Å². The SMILES string of the molecule is CCOC(=O)C1=C[C@@]2(SC=C(C(=O)OCC)S2)C2=C(S1)C(C)(C)Nc1ccc(OCC)cc12. The fourth-order valence-corrected chi connectivity index (χ4v) is 8.31. The summed E-state index contributed by atoms with van der Waals surface area (Å²) in [6.07, 6.45) is 1.94. The van der Waals surface area contributed by atoms with E-state index in [1.165, 1.54) is 35.3 Å². The summed E-state index contributed by atoms with van der Waals surface area (Å²) in [5.41, 5.74) is 2.61. The van der Waals surface area contributed by atoms with Gasteiger partial charge in [0.1, 0.15) is 14.7 Å². The molecule has 1 aromatic carbocycles. The van der Waals surface area contributed by atoms with Crippen LogP contribution < -0.4 is 10.1 Å². The molecule has 3 aliphatic heterocycles. The Balaban J connectivity index is 1.88. The highest BCUT2D eigenvalue weighted by Crippen LogP contribution is 2.65. The van der Waals surface area contributed by atoms with E-state index in [2.05, 4.69) is 19.2 Å². The number of anilines is 1. The molecular formula is C24H27NO5S3. The number of hydrogen-bond donors (Lipinski definition) is 1. The van der Waals surface area contributed by atoms with Gasteiger partial charge in [-0.05, 0) is 64.3 Å². The minimum absolute atomic E-state index is 0.296. The van der Waals surface area contributed by atoms with Crippen LogP contribution >= 0.6 is 35.3 Å². The van der Waals surface area contributed by atoms with Gasteiger partial charge in [-0.1, -0.05) is 23.5 Å². The van der Waals surface area contributed by atoms with Crippen LogP contribution in [0, 0.1) is 0 Å². The predicted octanol–water partition coefficient (Wildman–Crippen LogP) is 5.78. The lowest BCUT2D eigenvalue weighted by atomic mass is 9.87. The molecule has 0 bridgehead atoms. The maximum atomic E-state index is 12.8. The summed E-state index contributed by atoms with van der Waals surface area (Å²) in [5.74, 6) is 0.0650. The molecule has 0 saturated carbocycles. The van der Waals surface area contributed by atoms with Gasteiger partial charge in [0.15, 0.2) is 0 Å². The van der Waals surface area contributed by atoms with Gasteiger partial charge in [-0.15, -0.1) is 11.8 Å². The fraction of sp³-hybridized carbons (Fsp3) is 0.417. The number of fused-ring (bicyclic) bond motifs is 3. The Bertz CT molecular complexity index is 1090. The molecule has 0 amide bonds. The van der Waals surface area contributed by atoms with E-state index in [-0.39, 0.29) is 11.9 Å². The summed E-state index contributed by atoms with van der Waals surface area (Å²) >= 11 is 4.36. The van der Waals surface area contributed by atoms with E-state index >= 15 is 0 Å². The number of nitrogens with one attached hydrogen (secondary N) is 1. The Labute approximate surface area is 206 Å². The first kappa shape index (κ1) is 24.2. The summed E-state index contributed by atoms with van der Waals surface area (Å²) in [6, 6.07) is 6.01. The molecule has 0 aliphatic carbocycles. The lowest BCUT2D eigenvalue weighted by Crippen LogP contribution is -2.40. The molecule has 1 N–H and O–H groups in total. The zero-order chi connectivity index (χ0) is 23.8. The molecule has 1 aromatic rings. The van der Waals surface area contributed by atoms with Crippen LogP contribution in [0.2, 0.25) is 0 Å². The molecule has 4 rings (SSSR count). The molecule has 176 valence electrons. The fourth-order valence-electron chi connectivity index (χ4n) is 3.95. The topological polar surface area (TPSA) is 73.9 Å². The van der Waals surface area contributed by atoms with Gasteiger partial charge in [0.05, 0.1) is 30.3 Å². The number of carbonyl (C=O) groups is 2. The van der Waals surface area contributed by atoms with Crippen molar-refractivity contribution < 1.29 is 23.8 Å². The molecule has 6 nitrogen and oxygen atoms in total. The standard InChI is InChI=1S/C24H27NO5S3/c1-6-28-14-9-10-16-15(11-14)19-20(23(4,5)25-16)32-17(21(26)29-7-2)12-24(19)31-13-18(33-24)22(27)30-8-3/h9-13,25H,6-8H2,1-5H3/t24-/m0/s1. The van der Waals surface area contributed by atoms with Crippen LogP contribution in [0.5, 0.6) is 5.75 Å². The average molecular weight is 506 g/mol. The van der Waals surface area contributed by atoms with E-state index in [0.29, 0.717) is 29.6 Å². The van der Waals surface area contributed by atoms with Crippen LogP contribution in [-0.4, -0.2) is 41.4 Å². The summed E-state index contributed by atoms with van der Waals surface area (Å²) in [4.78, 5) is 27.5. The third-order valence-electron chi connectivity index (χ3n) is 5.25. The molecule has 0 aromatic heterocycles. The maximum absolute atomic E-state index is 12.8. The highest BCUT2D eigenvalue weighted by atomic mass is 32.2. The zero-order valence-corrected chi connectivity index (χ0v) is 21.7. The quantitative estimate of drug-likeness (QED) is 0.485. The van der Waals surface area contributed by atoms with Gasteiger partial charge in [-0.2, -0.15) is 0 Å². The summed E-state index contributed by atoms with van der Waals surface area (Å²) in [5, 5.41) is 5.45. The molecule has 0 saturated heterocycles. The minimum Gasteiger partial charge on any atom is -0.494 e. The van der Waals surface area contributed by atoms with Gasteiger partial charge in [-0.25, -0.2) is 9.59 Å². The molecule has 0 fully saturated rings. The first-order valence-corrected chi connectivity index (χ1v) is 13.4. The van der Waals surface area contributed by atoms with Gasteiger partial charge < -0.3 is 19.5 Å². The Morgan fingerprint density at radius 2 is 1.70 bits per heavy atom. The van der Waals surface area contributed by atoms with Crippen molar-refractivity contribution in [2.24, 2.45) is 0 Å². The highest BCUT2D eigenvalue weighted by Gasteiger charge is 2.51. The summed E-state index contributed by atoms with van der Waals surface area (Å²) in [6.45, 7) is 10.9. The number of carbonyl (C=O) groups excluding carboxylic acids is 2. The van der Waals surface area contributed by atoms with E-state index < -0.39 is 9.62 Å². The van der Waals surface area contributed by atoms with Crippen LogP contribution in [-0.2, 0) is 19.1 Å². The van der Waals surface area contributed by atoms with Gasteiger partial charge >= 0.3 is 11.9 Å². The van der Waals surface area contributed by atoms with Crippen molar-refractivity contribution in [3.05, 3.63) is 50.0 Å². The molecule has 3 heterocycles. The van der Waals surface area contributed by atoms with Gasteiger partial charge in [0.25, 0.3) is 0 Å². The Morgan fingerprint density at radius 3 is 2.36 bits per heavy atom. The largest absolute Gasteiger partial charge is 0.494 e. The Morgan fingerprint density at radius 1 is 1.00 bits per heavy atom. The van der Waals surface area contributed by atoms with Crippen molar-refractivity contribution in [2.45, 2.75) is 44.2 Å². The van der Waals surface area contributed by atoms with Crippen LogP contribution in [0.3, 0.4) is 0 Å². The third-order valence-corrected chi connectivity index (χ3v) is 9.52. The molecule has 1 atom stereocenters. The second-order valence-electron chi connectivity index (χ2n) is 8.02. The van der Waals surface area contributed by atoms with E-state index in [1.807, 2.05) is 36.6 Å². The second kappa shape index (κ2) is 9.35. The highest BCUT2D eigenvalue weighted by molar-refractivity contribution is 8.25. The van der Waals surface area contributed by atoms with Crippen molar-refractivity contribution in [3.63, 3.8) is 0 Å². The number of ether oxygens (including phenoxy) is 3. The van der Waals surface area contributed by atoms with Gasteiger partial charge in [0.2, 0.25) is 0 Å². The number of thioether (sulfide) groups is 3. The van der Waals surface area contributed by atoms with E-state index in [0.717, 1.165) is 27.5 Å². The van der Waals surface area contributed by atoms with Crippen LogP contribution in [0.25, 0.3) is 5.57 Å². The monoisotopic (exact) mass is 505 g/mol. The van der Waals surface area contributed by atoms with Gasteiger partial charge in [0, 0.05) is 21.7 Å². The van der Waals surface area contributed by atoms with Crippen molar-refractivity contribution in [1.29, 1.82) is 0 Å². The summed E-state index contributed by atoms with van der Waals surface area (Å²) < 4.78 is 15.7. The number of benzene rings is 1. The third kappa shape index (κ3) is 4.42. The minimum atomic E-state index is -0.705. The number of rotatable bonds is 6. The Hall–Kier alpha value is -1.97.